The van der Waals surface area contributed by atoms with Gasteiger partial charge in [0.15, 0.2) is 0 Å². The Hall–Kier alpha value is -2.60. The minimum Gasteiger partial charge on any atom is -0.343 e. The molecule has 0 saturated heterocycles. The normalized spacial score (nSPS) is 10.7. The zero-order chi connectivity index (χ0) is 16.8. The summed E-state index contributed by atoms with van der Waals surface area (Å²) in [6, 6.07) is 13.5. The lowest BCUT2D eigenvalue weighted by Crippen LogP contribution is -2.30. The summed E-state index contributed by atoms with van der Waals surface area (Å²) in [5.74, 6) is -0.942. The van der Waals surface area contributed by atoms with Gasteiger partial charge in [0.05, 0.1) is 16.8 Å². The van der Waals surface area contributed by atoms with E-state index in [-0.39, 0.29) is 13.0 Å². The highest BCUT2D eigenvalue weighted by atomic mass is 32.1. The maximum Gasteiger partial charge on any atom is 0.287 e. The topological polar surface area (TPSA) is 72.0 Å². The van der Waals surface area contributed by atoms with E-state index in [2.05, 4.69) is 15.3 Å². The van der Waals surface area contributed by atoms with Crippen molar-refractivity contribution in [1.29, 1.82) is 0 Å². The highest BCUT2D eigenvalue weighted by Gasteiger charge is 2.14. The summed E-state index contributed by atoms with van der Waals surface area (Å²) in [4.78, 5) is 32.4. The molecule has 0 saturated carbocycles. The Bertz CT molecular complexity index is 813. The van der Waals surface area contributed by atoms with Crippen LogP contribution >= 0.6 is 11.3 Å². The summed E-state index contributed by atoms with van der Waals surface area (Å²) in [6.07, 6.45) is 3.26. The fourth-order valence-corrected chi connectivity index (χ4v) is 3.25. The number of amides is 1. The van der Waals surface area contributed by atoms with Gasteiger partial charge in [-0.05, 0) is 37.1 Å². The van der Waals surface area contributed by atoms with Crippen molar-refractivity contribution in [3.8, 4) is 0 Å². The van der Waals surface area contributed by atoms with Crippen molar-refractivity contribution in [2.75, 3.05) is 0 Å². The van der Waals surface area contributed by atoms with Crippen molar-refractivity contribution in [2.45, 2.75) is 25.8 Å². The van der Waals surface area contributed by atoms with E-state index in [0.29, 0.717) is 12.8 Å². The molecule has 0 aliphatic heterocycles. The number of fused-ring (bicyclic) bond motifs is 1. The molecule has 0 fully saturated rings. The van der Waals surface area contributed by atoms with E-state index in [1.54, 1.807) is 6.20 Å². The van der Waals surface area contributed by atoms with Crippen LogP contribution in [0.5, 0.6) is 0 Å². The largest absolute Gasteiger partial charge is 0.343 e. The minimum atomic E-state index is -0.546. The fourth-order valence-electron chi connectivity index (χ4n) is 2.34. The van der Waals surface area contributed by atoms with Crippen molar-refractivity contribution >= 4 is 33.2 Å². The van der Waals surface area contributed by atoms with E-state index < -0.39 is 11.7 Å². The number of benzene rings is 1. The van der Waals surface area contributed by atoms with Crippen LogP contribution in [-0.4, -0.2) is 21.7 Å². The predicted octanol–water partition coefficient (Wildman–Crippen LogP) is 2.90. The molecule has 0 atom stereocenters. The molecule has 2 aromatic heterocycles. The SMILES string of the molecule is O=C(CCCc1ccccn1)C(=O)NCc1nc2ccccc2s1. The van der Waals surface area contributed by atoms with Gasteiger partial charge in [0, 0.05) is 18.3 Å². The lowest BCUT2D eigenvalue weighted by Gasteiger charge is -2.02. The van der Waals surface area contributed by atoms with Crippen molar-refractivity contribution in [3.05, 3.63) is 59.4 Å². The Balaban J connectivity index is 1.45. The van der Waals surface area contributed by atoms with Gasteiger partial charge in [-0.15, -0.1) is 11.3 Å². The van der Waals surface area contributed by atoms with Gasteiger partial charge in [0.1, 0.15) is 5.01 Å². The van der Waals surface area contributed by atoms with Crippen LogP contribution < -0.4 is 5.32 Å². The smallest absolute Gasteiger partial charge is 0.287 e. The Kier molecular flexibility index (Phi) is 5.28. The molecule has 0 bridgehead atoms. The van der Waals surface area contributed by atoms with Gasteiger partial charge < -0.3 is 5.32 Å². The van der Waals surface area contributed by atoms with Crippen LogP contribution in [0.3, 0.4) is 0 Å². The van der Waals surface area contributed by atoms with Crippen molar-refractivity contribution < 1.29 is 9.59 Å². The molecule has 3 aromatic rings. The molecule has 1 amide bonds. The zero-order valence-electron chi connectivity index (χ0n) is 13.1. The summed E-state index contributed by atoms with van der Waals surface area (Å²) < 4.78 is 1.07. The molecular weight excluding hydrogens is 322 g/mol. The first-order valence-corrected chi connectivity index (χ1v) is 8.59. The second-order valence-electron chi connectivity index (χ2n) is 5.36. The van der Waals surface area contributed by atoms with Crippen molar-refractivity contribution in [2.24, 2.45) is 0 Å². The van der Waals surface area contributed by atoms with Gasteiger partial charge in [0.25, 0.3) is 5.91 Å². The first-order chi connectivity index (χ1) is 11.7. The van der Waals surface area contributed by atoms with Gasteiger partial charge >= 0.3 is 0 Å². The first kappa shape index (κ1) is 16.3. The molecule has 1 aromatic carbocycles. The number of nitrogens with zero attached hydrogens (tertiary/aromatic N) is 2. The first-order valence-electron chi connectivity index (χ1n) is 7.78. The molecule has 1 N–H and O–H groups in total. The number of hydrogen-bond donors (Lipinski definition) is 1. The monoisotopic (exact) mass is 339 g/mol. The third kappa shape index (κ3) is 4.23. The number of nitrogens with one attached hydrogen (secondary N) is 1. The van der Waals surface area contributed by atoms with Crippen LogP contribution in [0.25, 0.3) is 10.2 Å². The Morgan fingerprint density at radius 3 is 2.71 bits per heavy atom. The third-order valence-corrected chi connectivity index (χ3v) is 4.59. The number of pyridine rings is 1. The third-order valence-electron chi connectivity index (χ3n) is 3.55. The molecule has 122 valence electrons. The fraction of sp³-hybridized carbons (Fsp3) is 0.222. The number of aryl methyl sites for hydroxylation is 1. The number of hydrogen-bond acceptors (Lipinski definition) is 5. The summed E-state index contributed by atoms with van der Waals surface area (Å²) >= 11 is 1.52. The molecule has 6 heteroatoms. The number of aromatic nitrogens is 2. The maximum absolute atomic E-state index is 11.9. The number of Topliss-reactive ketones (excluding diaryl/α,β-unsaturated/α-hetero) is 1. The van der Waals surface area contributed by atoms with E-state index in [1.165, 1.54) is 11.3 Å². The molecule has 5 nitrogen and oxygen atoms in total. The number of ketones is 1. The summed E-state index contributed by atoms with van der Waals surface area (Å²) in [5, 5.41) is 3.45. The van der Waals surface area contributed by atoms with Gasteiger partial charge in [0.2, 0.25) is 5.78 Å². The van der Waals surface area contributed by atoms with E-state index in [1.807, 2.05) is 42.5 Å². The Morgan fingerprint density at radius 2 is 1.92 bits per heavy atom. The lowest BCUT2D eigenvalue weighted by atomic mass is 10.1. The summed E-state index contributed by atoms with van der Waals surface area (Å²) in [5.41, 5.74) is 1.84. The molecule has 3 rings (SSSR count). The highest BCUT2D eigenvalue weighted by Crippen LogP contribution is 2.21. The molecule has 0 aliphatic rings. The Morgan fingerprint density at radius 1 is 1.08 bits per heavy atom. The number of carbonyl (C=O) groups is 2. The van der Waals surface area contributed by atoms with Crippen LogP contribution in [0.4, 0.5) is 0 Å². The summed E-state index contributed by atoms with van der Waals surface area (Å²) in [7, 11) is 0. The van der Waals surface area contributed by atoms with Gasteiger partial charge in [-0.25, -0.2) is 4.98 Å². The van der Waals surface area contributed by atoms with E-state index in [9.17, 15) is 9.59 Å². The van der Waals surface area contributed by atoms with Crippen LogP contribution in [0.1, 0.15) is 23.5 Å². The molecule has 0 radical (unpaired) electrons. The number of rotatable bonds is 7. The van der Waals surface area contributed by atoms with Gasteiger partial charge in [-0.1, -0.05) is 18.2 Å². The Labute approximate surface area is 143 Å². The van der Waals surface area contributed by atoms with Crippen molar-refractivity contribution in [3.63, 3.8) is 0 Å². The van der Waals surface area contributed by atoms with Gasteiger partial charge in [-0.3, -0.25) is 14.6 Å². The second-order valence-corrected chi connectivity index (χ2v) is 6.47. The average molecular weight is 339 g/mol. The second kappa shape index (κ2) is 7.79. The quantitative estimate of drug-likeness (QED) is 0.672. The highest BCUT2D eigenvalue weighted by molar-refractivity contribution is 7.18. The van der Waals surface area contributed by atoms with Crippen LogP contribution in [0.15, 0.2) is 48.7 Å². The maximum atomic E-state index is 11.9. The van der Waals surface area contributed by atoms with E-state index >= 15 is 0 Å². The van der Waals surface area contributed by atoms with Crippen LogP contribution in [-0.2, 0) is 22.6 Å². The lowest BCUT2D eigenvalue weighted by molar-refractivity contribution is -0.138. The molecule has 0 spiro atoms. The zero-order valence-corrected chi connectivity index (χ0v) is 13.9. The average Bonchev–Trinajstić information content (AvgIpc) is 3.03. The standard InChI is InChI=1S/C18H17N3O2S/c22-15(9-5-7-13-6-3-4-11-19-13)18(23)20-12-17-21-14-8-1-2-10-16(14)24-17/h1-4,6,8,10-11H,5,7,9,12H2,(H,20,23). The number of carbonyl (C=O) groups excluding carboxylic acids is 2. The molecule has 0 unspecified atom stereocenters. The predicted molar refractivity (Wildman–Crippen MR) is 93.6 cm³/mol. The van der Waals surface area contributed by atoms with Crippen LogP contribution in [0, 0.1) is 0 Å². The molecule has 0 aliphatic carbocycles. The minimum absolute atomic E-state index is 0.224. The van der Waals surface area contributed by atoms with Gasteiger partial charge in [-0.2, -0.15) is 0 Å². The number of para-hydroxylation sites is 1. The van der Waals surface area contributed by atoms with E-state index in [4.69, 9.17) is 0 Å². The van der Waals surface area contributed by atoms with E-state index in [0.717, 1.165) is 20.9 Å². The molecule has 24 heavy (non-hydrogen) atoms. The molecule has 2 heterocycles. The van der Waals surface area contributed by atoms with Crippen LogP contribution in [0.2, 0.25) is 0 Å². The van der Waals surface area contributed by atoms with Crippen molar-refractivity contribution in [1.82, 2.24) is 15.3 Å². The summed E-state index contributed by atoms with van der Waals surface area (Å²) in [6.45, 7) is 0.282. The number of thiazole rings is 1. The molecular formula is C18H17N3O2S.